The van der Waals surface area contributed by atoms with Crippen molar-refractivity contribution in [3.63, 3.8) is 0 Å². The molecule has 0 saturated carbocycles. The van der Waals surface area contributed by atoms with E-state index in [1.807, 2.05) is 24.4 Å². The van der Waals surface area contributed by atoms with Gasteiger partial charge in [-0.15, -0.1) is 11.3 Å². The zero-order valence-electron chi connectivity index (χ0n) is 11.5. The van der Waals surface area contributed by atoms with Crippen LogP contribution in [0.25, 0.3) is 0 Å². The van der Waals surface area contributed by atoms with Crippen LogP contribution in [0.4, 0.5) is 11.4 Å². The monoisotopic (exact) mass is 306 g/mol. The fourth-order valence-corrected chi connectivity index (χ4v) is 2.86. The van der Waals surface area contributed by atoms with Crippen LogP contribution in [0.3, 0.4) is 0 Å². The van der Waals surface area contributed by atoms with E-state index in [0.29, 0.717) is 5.69 Å². The number of thiophene rings is 1. The molecule has 0 aliphatic heterocycles. The van der Waals surface area contributed by atoms with Crippen molar-refractivity contribution in [2.75, 3.05) is 11.9 Å². The molecule has 110 valence electrons. The summed E-state index contributed by atoms with van der Waals surface area (Å²) in [6.45, 7) is 1.95. The Labute approximate surface area is 125 Å². The Bertz CT molecular complexity index is 670. The van der Waals surface area contributed by atoms with Gasteiger partial charge in [-0.25, -0.2) is 4.79 Å². The van der Waals surface area contributed by atoms with Crippen molar-refractivity contribution in [1.82, 2.24) is 0 Å². The third-order valence-corrected chi connectivity index (χ3v) is 4.38. The summed E-state index contributed by atoms with van der Waals surface area (Å²) in [6.07, 6.45) is 0. The minimum Gasteiger partial charge on any atom is -0.478 e. The Balaban J connectivity index is 2.43. The number of rotatable bonds is 5. The second-order valence-electron chi connectivity index (χ2n) is 4.57. The molecule has 1 aromatic carbocycles. The molecule has 1 unspecified atom stereocenters. The van der Waals surface area contributed by atoms with Gasteiger partial charge < -0.3 is 10.0 Å². The van der Waals surface area contributed by atoms with Crippen molar-refractivity contribution in [2.24, 2.45) is 0 Å². The second-order valence-corrected chi connectivity index (χ2v) is 5.55. The first-order chi connectivity index (χ1) is 9.91. The summed E-state index contributed by atoms with van der Waals surface area (Å²) in [5.74, 6) is -1.18. The van der Waals surface area contributed by atoms with Gasteiger partial charge >= 0.3 is 5.97 Å². The zero-order chi connectivity index (χ0) is 15.6. The second kappa shape index (κ2) is 5.92. The molecule has 2 aromatic rings. The molecule has 7 heteroatoms. The Hall–Kier alpha value is -2.41. The van der Waals surface area contributed by atoms with Gasteiger partial charge in [0.15, 0.2) is 0 Å². The third-order valence-electron chi connectivity index (χ3n) is 3.33. The predicted octanol–water partition coefficient (Wildman–Crippen LogP) is 3.55. The summed E-state index contributed by atoms with van der Waals surface area (Å²) < 4.78 is 0. The summed E-state index contributed by atoms with van der Waals surface area (Å²) in [6, 6.07) is 7.79. The van der Waals surface area contributed by atoms with E-state index in [9.17, 15) is 14.9 Å². The number of aromatic carboxylic acids is 1. The average molecular weight is 306 g/mol. The van der Waals surface area contributed by atoms with E-state index in [4.69, 9.17) is 5.11 Å². The van der Waals surface area contributed by atoms with Crippen LogP contribution in [0, 0.1) is 10.1 Å². The number of nitro benzene ring substituents is 1. The first kappa shape index (κ1) is 15.0. The van der Waals surface area contributed by atoms with Crippen LogP contribution in [0.15, 0.2) is 35.7 Å². The molecule has 21 heavy (non-hydrogen) atoms. The number of hydrogen-bond donors (Lipinski definition) is 1. The van der Waals surface area contributed by atoms with E-state index in [0.717, 1.165) is 10.9 Å². The number of carboxylic acid groups (broad SMARTS) is 1. The number of carbonyl (C=O) groups is 1. The Morgan fingerprint density at radius 2 is 2.14 bits per heavy atom. The lowest BCUT2D eigenvalue weighted by molar-refractivity contribution is -0.384. The van der Waals surface area contributed by atoms with E-state index in [-0.39, 0.29) is 17.3 Å². The van der Waals surface area contributed by atoms with Gasteiger partial charge in [0.25, 0.3) is 5.69 Å². The van der Waals surface area contributed by atoms with Crippen LogP contribution in [0.5, 0.6) is 0 Å². The van der Waals surface area contributed by atoms with E-state index in [2.05, 4.69) is 0 Å². The summed E-state index contributed by atoms with van der Waals surface area (Å²) in [4.78, 5) is 24.4. The van der Waals surface area contributed by atoms with Crippen molar-refractivity contribution >= 4 is 28.7 Å². The topological polar surface area (TPSA) is 83.7 Å². The SMILES string of the molecule is CC(c1cccs1)N(C)c1ccc(C(=O)O)cc1[N+](=O)[O-]. The first-order valence-electron chi connectivity index (χ1n) is 6.19. The molecular weight excluding hydrogens is 292 g/mol. The Kier molecular flexibility index (Phi) is 4.23. The lowest BCUT2D eigenvalue weighted by Crippen LogP contribution is -2.22. The first-order valence-corrected chi connectivity index (χ1v) is 7.07. The molecule has 6 nitrogen and oxygen atoms in total. The molecule has 2 rings (SSSR count). The smallest absolute Gasteiger partial charge is 0.335 e. The fourth-order valence-electron chi connectivity index (χ4n) is 2.03. The molecule has 0 aliphatic carbocycles. The number of hydrogen-bond acceptors (Lipinski definition) is 5. The summed E-state index contributed by atoms with van der Waals surface area (Å²) in [7, 11) is 1.76. The molecule has 1 atom stereocenters. The predicted molar refractivity (Wildman–Crippen MR) is 81.2 cm³/mol. The number of benzene rings is 1. The van der Waals surface area contributed by atoms with Gasteiger partial charge in [-0.1, -0.05) is 6.07 Å². The number of carboxylic acids is 1. The van der Waals surface area contributed by atoms with Gasteiger partial charge in [-0.3, -0.25) is 10.1 Å². The van der Waals surface area contributed by atoms with Gasteiger partial charge in [0.1, 0.15) is 5.69 Å². The van der Waals surface area contributed by atoms with Crippen molar-refractivity contribution in [2.45, 2.75) is 13.0 Å². The number of anilines is 1. The maximum atomic E-state index is 11.2. The highest BCUT2D eigenvalue weighted by molar-refractivity contribution is 7.10. The van der Waals surface area contributed by atoms with Crippen LogP contribution in [0.2, 0.25) is 0 Å². The third kappa shape index (κ3) is 3.03. The van der Waals surface area contributed by atoms with E-state index in [1.165, 1.54) is 12.1 Å². The normalized spacial score (nSPS) is 11.9. The van der Waals surface area contributed by atoms with E-state index >= 15 is 0 Å². The zero-order valence-corrected chi connectivity index (χ0v) is 12.3. The fraction of sp³-hybridized carbons (Fsp3) is 0.214. The van der Waals surface area contributed by atoms with Crippen LogP contribution >= 0.6 is 11.3 Å². The van der Waals surface area contributed by atoms with E-state index < -0.39 is 10.9 Å². The molecule has 0 spiro atoms. The highest BCUT2D eigenvalue weighted by Crippen LogP contribution is 2.34. The maximum Gasteiger partial charge on any atom is 0.335 e. The highest BCUT2D eigenvalue weighted by Gasteiger charge is 2.23. The lowest BCUT2D eigenvalue weighted by Gasteiger charge is -2.26. The molecule has 0 fully saturated rings. The van der Waals surface area contributed by atoms with Gasteiger partial charge in [0, 0.05) is 18.0 Å². The summed E-state index contributed by atoms with van der Waals surface area (Å²) in [5, 5.41) is 22.1. The van der Waals surface area contributed by atoms with Crippen molar-refractivity contribution in [1.29, 1.82) is 0 Å². The van der Waals surface area contributed by atoms with Crippen molar-refractivity contribution in [3.05, 3.63) is 56.3 Å². The summed E-state index contributed by atoms with van der Waals surface area (Å²) in [5.41, 5.74) is 0.0920. The van der Waals surface area contributed by atoms with Gasteiger partial charge in [0.2, 0.25) is 0 Å². The van der Waals surface area contributed by atoms with Crippen LogP contribution < -0.4 is 4.90 Å². The molecule has 0 saturated heterocycles. The molecule has 0 aliphatic rings. The average Bonchev–Trinajstić information content (AvgIpc) is 2.99. The lowest BCUT2D eigenvalue weighted by atomic mass is 10.1. The molecule has 1 N–H and O–H groups in total. The molecule has 0 radical (unpaired) electrons. The molecule has 0 bridgehead atoms. The Morgan fingerprint density at radius 1 is 1.43 bits per heavy atom. The molecule has 1 aromatic heterocycles. The molecular formula is C14H14N2O4S. The minimum absolute atomic E-state index is 0.0422. The van der Waals surface area contributed by atoms with E-state index in [1.54, 1.807) is 23.3 Å². The maximum absolute atomic E-state index is 11.2. The standard InChI is InChI=1S/C14H14N2O4S/c1-9(13-4-3-7-21-13)15(2)11-6-5-10(14(17)18)8-12(11)16(19)20/h3-9H,1-2H3,(H,17,18). The van der Waals surface area contributed by atoms with Crippen molar-refractivity contribution < 1.29 is 14.8 Å². The van der Waals surface area contributed by atoms with Gasteiger partial charge in [-0.05, 0) is 30.5 Å². The van der Waals surface area contributed by atoms with Crippen molar-refractivity contribution in [3.8, 4) is 0 Å². The summed E-state index contributed by atoms with van der Waals surface area (Å²) >= 11 is 1.57. The number of nitrogens with zero attached hydrogens (tertiary/aromatic N) is 2. The minimum atomic E-state index is -1.18. The number of nitro groups is 1. The van der Waals surface area contributed by atoms with Crippen LogP contribution in [-0.4, -0.2) is 23.0 Å². The van der Waals surface area contributed by atoms with Crippen LogP contribution in [0.1, 0.15) is 28.2 Å². The van der Waals surface area contributed by atoms with Gasteiger partial charge in [-0.2, -0.15) is 0 Å². The quantitative estimate of drug-likeness (QED) is 0.674. The molecule has 1 heterocycles. The van der Waals surface area contributed by atoms with Gasteiger partial charge in [0.05, 0.1) is 16.5 Å². The molecule has 0 amide bonds. The Morgan fingerprint density at radius 3 is 2.67 bits per heavy atom. The highest BCUT2D eigenvalue weighted by atomic mass is 32.1. The largest absolute Gasteiger partial charge is 0.478 e. The van der Waals surface area contributed by atoms with Crippen LogP contribution in [-0.2, 0) is 0 Å².